The third kappa shape index (κ3) is 7.47. The summed E-state index contributed by atoms with van der Waals surface area (Å²) in [6.07, 6.45) is 22.8. The third-order valence-corrected chi connectivity index (χ3v) is 10.2. The highest BCUT2D eigenvalue weighted by Gasteiger charge is 2.31. The second-order valence-corrected chi connectivity index (χ2v) is 12.7. The van der Waals surface area contributed by atoms with Crippen molar-refractivity contribution in [3.63, 3.8) is 0 Å². The van der Waals surface area contributed by atoms with Gasteiger partial charge in [0, 0.05) is 0 Å². The van der Waals surface area contributed by atoms with E-state index in [2.05, 4.69) is 13.8 Å². The van der Waals surface area contributed by atoms with Gasteiger partial charge in [-0.15, -0.1) is 0 Å². The summed E-state index contributed by atoms with van der Waals surface area (Å²) in [5, 5.41) is 0. The van der Waals surface area contributed by atoms with Crippen LogP contribution in [0.5, 0.6) is 5.75 Å². The zero-order chi connectivity index (χ0) is 25.3. The fourth-order valence-electron chi connectivity index (χ4n) is 7.81. The third-order valence-electron chi connectivity index (χ3n) is 10.2. The van der Waals surface area contributed by atoms with Gasteiger partial charge in [-0.3, -0.25) is 0 Å². The molecule has 0 atom stereocenters. The molecule has 1 aromatic rings. The van der Waals surface area contributed by atoms with Crippen LogP contribution in [0.4, 0.5) is 8.78 Å². The second-order valence-electron chi connectivity index (χ2n) is 12.7. The molecule has 0 unspecified atom stereocenters. The molecule has 0 spiro atoms. The highest BCUT2D eigenvalue weighted by Crippen LogP contribution is 2.43. The Bertz CT molecular complexity index is 768. The van der Waals surface area contributed by atoms with Crippen molar-refractivity contribution in [2.75, 3.05) is 6.61 Å². The first-order valence-electron chi connectivity index (χ1n) is 15.7. The molecule has 4 rings (SSSR count). The van der Waals surface area contributed by atoms with E-state index in [0.717, 1.165) is 49.4 Å². The van der Waals surface area contributed by atoms with Gasteiger partial charge in [0.25, 0.3) is 0 Å². The Morgan fingerprint density at radius 2 is 1.22 bits per heavy atom. The molecule has 36 heavy (non-hydrogen) atoms. The quantitative estimate of drug-likeness (QED) is 0.273. The first-order chi connectivity index (χ1) is 17.6. The van der Waals surface area contributed by atoms with E-state index in [9.17, 15) is 4.39 Å². The molecule has 0 saturated heterocycles. The smallest absolute Gasteiger partial charge is 0.200 e. The summed E-state index contributed by atoms with van der Waals surface area (Å²) in [4.78, 5) is 0. The molecule has 0 radical (unpaired) electrons. The van der Waals surface area contributed by atoms with Gasteiger partial charge in [0.15, 0.2) is 11.6 Å². The van der Waals surface area contributed by atoms with Crippen molar-refractivity contribution in [2.24, 2.45) is 29.6 Å². The number of hydrogen-bond donors (Lipinski definition) is 0. The molecule has 0 aromatic heterocycles. The van der Waals surface area contributed by atoms with Crippen LogP contribution in [0.15, 0.2) is 12.1 Å². The minimum absolute atomic E-state index is 0.112. The lowest BCUT2D eigenvalue weighted by molar-refractivity contribution is 0.120. The number of hydrogen-bond acceptors (Lipinski definition) is 1. The van der Waals surface area contributed by atoms with E-state index in [0.29, 0.717) is 18.1 Å². The predicted octanol–water partition coefficient (Wildman–Crippen LogP) is 10.6. The van der Waals surface area contributed by atoms with Crippen molar-refractivity contribution < 1.29 is 13.5 Å². The van der Waals surface area contributed by atoms with Crippen LogP contribution in [-0.2, 0) is 0 Å². The van der Waals surface area contributed by atoms with Crippen molar-refractivity contribution in [3.05, 3.63) is 29.3 Å². The Kier molecular flexibility index (Phi) is 11.0. The standard InChI is InChI=1S/C33H52F2O/c1-3-5-6-8-25-11-19-29(20-12-25)30-21-22-31(33(35)32(30)34)36-23-26-13-17-28(18-14-26)27-15-9-24(7-4-2)10-16-27/h21-22,24-29H,3-20,23H2,1-2H3/t24-,25-,26-,27-,28-,29-. The maximum absolute atomic E-state index is 15.0. The Morgan fingerprint density at radius 1 is 0.639 bits per heavy atom. The van der Waals surface area contributed by atoms with Crippen LogP contribution in [0.2, 0.25) is 0 Å². The molecule has 1 aromatic carbocycles. The summed E-state index contributed by atoms with van der Waals surface area (Å²) in [6.45, 7) is 5.08. The lowest BCUT2D eigenvalue weighted by Crippen LogP contribution is -2.27. The van der Waals surface area contributed by atoms with Crippen molar-refractivity contribution >= 4 is 0 Å². The number of unbranched alkanes of at least 4 members (excludes halogenated alkanes) is 2. The van der Waals surface area contributed by atoms with Crippen LogP contribution in [-0.4, -0.2) is 6.61 Å². The van der Waals surface area contributed by atoms with Crippen molar-refractivity contribution in [1.29, 1.82) is 0 Å². The predicted molar refractivity (Wildman–Crippen MR) is 146 cm³/mol. The summed E-state index contributed by atoms with van der Waals surface area (Å²) in [5.41, 5.74) is 0.570. The average molecular weight is 503 g/mol. The van der Waals surface area contributed by atoms with Gasteiger partial charge in [-0.2, -0.15) is 4.39 Å². The number of halogens is 2. The summed E-state index contributed by atoms with van der Waals surface area (Å²) in [6, 6.07) is 3.50. The Morgan fingerprint density at radius 3 is 1.83 bits per heavy atom. The van der Waals surface area contributed by atoms with E-state index in [-0.39, 0.29) is 11.7 Å². The maximum atomic E-state index is 15.0. The fourth-order valence-corrected chi connectivity index (χ4v) is 7.81. The largest absolute Gasteiger partial charge is 0.490 e. The maximum Gasteiger partial charge on any atom is 0.200 e. The first-order valence-corrected chi connectivity index (χ1v) is 15.7. The molecule has 3 saturated carbocycles. The van der Waals surface area contributed by atoms with Gasteiger partial charge in [-0.1, -0.05) is 71.3 Å². The fraction of sp³-hybridized carbons (Fsp3) is 0.818. The van der Waals surface area contributed by atoms with Crippen LogP contribution < -0.4 is 4.74 Å². The summed E-state index contributed by atoms with van der Waals surface area (Å²) >= 11 is 0. The van der Waals surface area contributed by atoms with E-state index in [4.69, 9.17) is 4.74 Å². The average Bonchev–Trinajstić information content (AvgIpc) is 2.91. The molecule has 0 heterocycles. The highest BCUT2D eigenvalue weighted by molar-refractivity contribution is 5.33. The van der Waals surface area contributed by atoms with Crippen molar-refractivity contribution in [1.82, 2.24) is 0 Å². The Hall–Kier alpha value is -1.12. The van der Waals surface area contributed by atoms with Crippen molar-refractivity contribution in [3.8, 4) is 5.75 Å². The minimum Gasteiger partial charge on any atom is -0.490 e. The molecule has 0 bridgehead atoms. The highest BCUT2D eigenvalue weighted by atomic mass is 19.2. The lowest BCUT2D eigenvalue weighted by atomic mass is 9.69. The molecule has 3 heteroatoms. The van der Waals surface area contributed by atoms with Gasteiger partial charge in [0.05, 0.1) is 6.61 Å². The Balaban J connectivity index is 1.20. The number of benzene rings is 1. The van der Waals surface area contributed by atoms with Crippen molar-refractivity contribution in [2.45, 2.75) is 135 Å². The zero-order valence-electron chi connectivity index (χ0n) is 23.2. The van der Waals surface area contributed by atoms with Gasteiger partial charge in [0.1, 0.15) is 0 Å². The van der Waals surface area contributed by atoms with E-state index < -0.39 is 11.6 Å². The van der Waals surface area contributed by atoms with Crippen LogP contribution in [0, 0.1) is 41.2 Å². The molecule has 0 amide bonds. The second kappa shape index (κ2) is 14.1. The van der Waals surface area contributed by atoms with E-state index in [1.165, 1.54) is 89.9 Å². The molecule has 3 aliphatic rings. The van der Waals surface area contributed by atoms with Crippen LogP contribution in [0.3, 0.4) is 0 Å². The normalized spacial score (nSPS) is 31.3. The number of rotatable bonds is 11. The van der Waals surface area contributed by atoms with Gasteiger partial charge in [0.2, 0.25) is 5.82 Å². The van der Waals surface area contributed by atoms with Crippen LogP contribution in [0.25, 0.3) is 0 Å². The molecular formula is C33H52F2O. The van der Waals surface area contributed by atoms with Gasteiger partial charge < -0.3 is 4.74 Å². The Labute approximate surface area is 220 Å². The first kappa shape index (κ1) is 27.9. The summed E-state index contributed by atoms with van der Waals surface area (Å²) in [5.74, 6) is 2.86. The number of ether oxygens (including phenoxy) is 1. The SMILES string of the molecule is CCCCC[C@H]1CC[C@H](c2ccc(OC[C@H]3CC[C@H]([C@H]4CC[C@H](CCC)CC4)CC3)c(F)c2F)CC1. The molecule has 3 aliphatic carbocycles. The van der Waals surface area contributed by atoms with E-state index >= 15 is 4.39 Å². The minimum atomic E-state index is -0.768. The lowest BCUT2D eigenvalue weighted by Gasteiger charge is -2.37. The topological polar surface area (TPSA) is 9.23 Å². The summed E-state index contributed by atoms with van der Waals surface area (Å²) in [7, 11) is 0. The van der Waals surface area contributed by atoms with Crippen LogP contribution >= 0.6 is 0 Å². The van der Waals surface area contributed by atoms with Gasteiger partial charge in [-0.25, -0.2) is 4.39 Å². The van der Waals surface area contributed by atoms with Gasteiger partial charge in [-0.05, 0) is 111 Å². The van der Waals surface area contributed by atoms with E-state index in [1.807, 2.05) is 6.07 Å². The monoisotopic (exact) mass is 502 g/mol. The molecular weight excluding hydrogens is 450 g/mol. The zero-order valence-corrected chi connectivity index (χ0v) is 23.2. The molecule has 204 valence electrons. The molecule has 0 aliphatic heterocycles. The molecule has 1 nitrogen and oxygen atoms in total. The van der Waals surface area contributed by atoms with E-state index in [1.54, 1.807) is 6.07 Å². The summed E-state index contributed by atoms with van der Waals surface area (Å²) < 4.78 is 35.9. The van der Waals surface area contributed by atoms with Gasteiger partial charge >= 0.3 is 0 Å². The molecule has 0 N–H and O–H groups in total. The van der Waals surface area contributed by atoms with Crippen LogP contribution in [0.1, 0.15) is 141 Å². The molecule has 3 fully saturated rings.